The summed E-state index contributed by atoms with van der Waals surface area (Å²) in [6, 6.07) is 12.6. The summed E-state index contributed by atoms with van der Waals surface area (Å²) in [4.78, 5) is 13.7. The first kappa shape index (κ1) is 21.1. The molecule has 1 fully saturated rings. The van der Waals surface area contributed by atoms with Crippen LogP contribution in [0.25, 0.3) is 6.08 Å². The fourth-order valence-electron chi connectivity index (χ4n) is 2.25. The van der Waals surface area contributed by atoms with Gasteiger partial charge in [0.05, 0.1) is 10.6 Å². The number of thioether (sulfide) groups is 1. The Balaban J connectivity index is 0.00000243. The molecular weight excluding hydrogens is 405 g/mol. The van der Waals surface area contributed by atoms with Gasteiger partial charge in [-0.15, -0.1) is 0 Å². The molecule has 2 aromatic carbocycles. The van der Waals surface area contributed by atoms with Crippen molar-refractivity contribution in [1.82, 2.24) is 0 Å². The molecule has 1 aliphatic rings. The number of anilines is 1. The largest absolute Gasteiger partial charge is 1.00 e. The number of benzene rings is 2. The quantitative estimate of drug-likeness (QED) is 0.316. The molecule has 0 aliphatic carbocycles. The number of amides is 1. The summed E-state index contributed by atoms with van der Waals surface area (Å²) < 4.78 is 32.0. The van der Waals surface area contributed by atoms with Gasteiger partial charge in [0.25, 0.3) is 16.0 Å². The van der Waals surface area contributed by atoms with E-state index >= 15 is 0 Å². The van der Waals surface area contributed by atoms with Gasteiger partial charge in [-0.25, -0.2) is 0 Å². The molecule has 2 N–H and O–H groups in total. The average molecular weight is 416 g/mol. The minimum absolute atomic E-state index is 0. The number of phenolic OH excluding ortho intramolecular Hbond substituents is 1. The van der Waals surface area contributed by atoms with E-state index in [-0.39, 0.29) is 35.5 Å². The van der Waals surface area contributed by atoms with E-state index in [9.17, 15) is 18.3 Å². The minimum atomic E-state index is -4.57. The molecule has 0 radical (unpaired) electrons. The van der Waals surface area contributed by atoms with Gasteiger partial charge >= 0.3 is 29.6 Å². The molecule has 26 heavy (non-hydrogen) atoms. The Labute approximate surface area is 181 Å². The molecule has 6 nitrogen and oxygen atoms in total. The van der Waals surface area contributed by atoms with E-state index in [0.717, 1.165) is 23.9 Å². The Morgan fingerprint density at radius 3 is 2.38 bits per heavy atom. The summed E-state index contributed by atoms with van der Waals surface area (Å²) in [5.74, 6) is -0.904. The molecule has 1 aliphatic heterocycles. The summed E-state index contributed by atoms with van der Waals surface area (Å²) in [5, 5.41) is 9.56. The van der Waals surface area contributed by atoms with Crippen molar-refractivity contribution < 1.29 is 52.4 Å². The standard InChI is InChI=1S/C16H11NO5S3.Na/c18-12-7-6-10(9-14(12)25(20,21)22)8-13-15(19)17(16(23)24-13)11-4-2-1-3-5-11;/h1-9,18H,(H,20,21,22);/q;+1/b13-8+;. The number of nitrogens with zero attached hydrogens (tertiary/aromatic N) is 1. The number of phenols is 1. The van der Waals surface area contributed by atoms with E-state index in [2.05, 4.69) is 0 Å². The van der Waals surface area contributed by atoms with Gasteiger partial charge in [0.15, 0.2) is 4.32 Å². The number of hydrogen-bond donors (Lipinski definition) is 2. The summed E-state index contributed by atoms with van der Waals surface area (Å²) in [6.45, 7) is 0. The molecule has 128 valence electrons. The van der Waals surface area contributed by atoms with Gasteiger partial charge < -0.3 is 5.11 Å². The molecule has 0 unspecified atom stereocenters. The number of aromatic hydroxyl groups is 1. The SMILES string of the molecule is O=C1/C(=C\c2ccc(O)c(S(=O)(=O)O)c2)SC(=S)N1c1ccccc1.[Na+]. The van der Waals surface area contributed by atoms with Gasteiger partial charge in [0.2, 0.25) is 0 Å². The molecule has 0 aromatic heterocycles. The van der Waals surface area contributed by atoms with Crippen LogP contribution in [-0.4, -0.2) is 28.3 Å². The number of para-hydroxylation sites is 1. The monoisotopic (exact) mass is 416 g/mol. The van der Waals surface area contributed by atoms with Crippen molar-refractivity contribution in [3.8, 4) is 5.75 Å². The molecule has 1 amide bonds. The van der Waals surface area contributed by atoms with Crippen molar-refractivity contribution in [3.05, 3.63) is 59.0 Å². The summed E-state index contributed by atoms with van der Waals surface area (Å²) in [7, 11) is -4.57. The van der Waals surface area contributed by atoms with E-state index < -0.39 is 20.8 Å². The Morgan fingerprint density at radius 2 is 1.77 bits per heavy atom. The van der Waals surface area contributed by atoms with Crippen LogP contribution in [0.2, 0.25) is 0 Å². The van der Waals surface area contributed by atoms with E-state index in [0.29, 0.717) is 20.5 Å². The molecule has 3 rings (SSSR count). The number of carbonyl (C=O) groups excluding carboxylic acids is 1. The Kier molecular flexibility index (Phi) is 6.67. The number of rotatable bonds is 3. The maximum atomic E-state index is 12.6. The van der Waals surface area contributed by atoms with Gasteiger partial charge in [0, 0.05) is 0 Å². The van der Waals surface area contributed by atoms with Gasteiger partial charge in [-0.05, 0) is 35.9 Å². The topological polar surface area (TPSA) is 94.9 Å². The summed E-state index contributed by atoms with van der Waals surface area (Å²) in [5.41, 5.74) is 0.969. The second-order valence-corrected chi connectivity index (χ2v) is 8.12. The predicted octanol–water partition coefficient (Wildman–Crippen LogP) is 0.0487. The molecule has 1 saturated heterocycles. The normalized spacial score (nSPS) is 16.0. The van der Waals surface area contributed by atoms with Crippen molar-refractivity contribution in [3.63, 3.8) is 0 Å². The maximum absolute atomic E-state index is 12.6. The van der Waals surface area contributed by atoms with Gasteiger partial charge in [-0.2, -0.15) is 8.42 Å². The number of thiocarbonyl (C=S) groups is 1. The third-order valence-electron chi connectivity index (χ3n) is 3.37. The van der Waals surface area contributed by atoms with Crippen molar-refractivity contribution in [2.75, 3.05) is 4.90 Å². The predicted molar refractivity (Wildman–Crippen MR) is 100 cm³/mol. The zero-order valence-corrected chi connectivity index (χ0v) is 17.9. The van der Waals surface area contributed by atoms with Crippen LogP contribution >= 0.6 is 24.0 Å². The fourth-order valence-corrected chi connectivity index (χ4v) is 4.16. The first-order valence-corrected chi connectivity index (χ1v) is 9.57. The first-order chi connectivity index (χ1) is 11.8. The van der Waals surface area contributed by atoms with Crippen molar-refractivity contribution >= 4 is 56.1 Å². The Morgan fingerprint density at radius 1 is 1.12 bits per heavy atom. The third kappa shape index (κ3) is 4.37. The van der Waals surface area contributed by atoms with Gasteiger partial charge in [-0.3, -0.25) is 14.2 Å². The molecule has 1 heterocycles. The van der Waals surface area contributed by atoms with E-state index in [1.807, 2.05) is 6.07 Å². The minimum Gasteiger partial charge on any atom is -0.506 e. The van der Waals surface area contributed by atoms with Crippen LogP contribution in [-0.2, 0) is 14.9 Å². The van der Waals surface area contributed by atoms with Crippen LogP contribution in [0.4, 0.5) is 5.69 Å². The zero-order chi connectivity index (χ0) is 18.2. The molecule has 0 bridgehead atoms. The average Bonchev–Trinajstić information content (AvgIpc) is 2.83. The van der Waals surface area contributed by atoms with Crippen LogP contribution in [0.3, 0.4) is 0 Å². The van der Waals surface area contributed by atoms with Crippen molar-refractivity contribution in [1.29, 1.82) is 0 Å². The van der Waals surface area contributed by atoms with Crippen molar-refractivity contribution in [2.24, 2.45) is 0 Å². The van der Waals surface area contributed by atoms with Crippen LogP contribution in [0.5, 0.6) is 5.75 Å². The molecule has 0 atom stereocenters. The van der Waals surface area contributed by atoms with Crippen LogP contribution in [0.1, 0.15) is 5.56 Å². The zero-order valence-electron chi connectivity index (χ0n) is 13.5. The first-order valence-electron chi connectivity index (χ1n) is 6.91. The van der Waals surface area contributed by atoms with Crippen LogP contribution < -0.4 is 34.5 Å². The molecule has 0 saturated carbocycles. The smallest absolute Gasteiger partial charge is 0.506 e. The van der Waals surface area contributed by atoms with Crippen LogP contribution in [0.15, 0.2) is 58.3 Å². The molecule has 0 spiro atoms. The second-order valence-electron chi connectivity index (χ2n) is 5.05. The van der Waals surface area contributed by atoms with Crippen molar-refractivity contribution in [2.45, 2.75) is 4.90 Å². The molecular formula is C16H11NNaO5S3+. The number of carbonyl (C=O) groups is 1. The number of hydrogen-bond acceptors (Lipinski definition) is 6. The summed E-state index contributed by atoms with van der Waals surface area (Å²) in [6.07, 6.45) is 1.45. The van der Waals surface area contributed by atoms with E-state index in [1.54, 1.807) is 24.3 Å². The van der Waals surface area contributed by atoms with Crippen LogP contribution in [0, 0.1) is 0 Å². The van der Waals surface area contributed by atoms with E-state index in [4.69, 9.17) is 16.8 Å². The summed E-state index contributed by atoms with van der Waals surface area (Å²) >= 11 is 6.33. The Bertz CT molecular complexity index is 1010. The van der Waals surface area contributed by atoms with Gasteiger partial charge in [0.1, 0.15) is 10.6 Å². The Hall–Kier alpha value is -1.20. The van der Waals surface area contributed by atoms with E-state index in [1.165, 1.54) is 17.0 Å². The third-order valence-corrected chi connectivity index (χ3v) is 5.55. The molecule has 10 heteroatoms. The van der Waals surface area contributed by atoms with Gasteiger partial charge in [-0.1, -0.05) is 48.2 Å². The molecule has 2 aromatic rings. The second kappa shape index (κ2) is 8.22. The fraction of sp³-hybridized carbons (Fsp3) is 0. The maximum Gasteiger partial charge on any atom is 1.00 e.